The summed E-state index contributed by atoms with van der Waals surface area (Å²) in [5.74, 6) is 2.64. The highest BCUT2D eigenvalue weighted by Gasteiger charge is 2.13. The second-order valence-electron chi connectivity index (χ2n) is 4.66. The van der Waals surface area contributed by atoms with Crippen molar-refractivity contribution >= 4 is 0 Å². The highest BCUT2D eigenvalue weighted by Crippen LogP contribution is 2.30. The quantitative estimate of drug-likeness (QED) is 0.845. The summed E-state index contributed by atoms with van der Waals surface area (Å²) in [6, 6.07) is 5.93. The van der Waals surface area contributed by atoms with Crippen molar-refractivity contribution in [3.05, 3.63) is 35.5 Å². The van der Waals surface area contributed by atoms with Crippen molar-refractivity contribution in [2.45, 2.75) is 32.9 Å². The molecule has 0 spiro atoms. The van der Waals surface area contributed by atoms with Crippen LogP contribution in [-0.2, 0) is 13.0 Å². The first-order valence-corrected chi connectivity index (χ1v) is 6.97. The van der Waals surface area contributed by atoms with Crippen molar-refractivity contribution in [3.8, 4) is 11.5 Å². The molecule has 0 aliphatic carbocycles. The monoisotopic (exact) mass is 291 g/mol. The van der Waals surface area contributed by atoms with Crippen LogP contribution in [0, 0.1) is 0 Å². The standard InChI is InChI=1S/C15H21N3O3/c1-5-14-17-15(21-18-14)9-20-13-8-11(19-4)6-7-12(13)10(2)16-3/h6-8,10,16H,5,9H2,1-4H3. The zero-order valence-corrected chi connectivity index (χ0v) is 12.8. The predicted molar refractivity (Wildman–Crippen MR) is 78.5 cm³/mol. The van der Waals surface area contributed by atoms with Gasteiger partial charge in [0.2, 0.25) is 0 Å². The molecule has 2 aromatic rings. The van der Waals surface area contributed by atoms with Gasteiger partial charge in [0, 0.05) is 24.1 Å². The molecule has 1 heterocycles. The van der Waals surface area contributed by atoms with Gasteiger partial charge in [-0.15, -0.1) is 0 Å². The molecule has 1 unspecified atom stereocenters. The molecule has 6 heteroatoms. The lowest BCUT2D eigenvalue weighted by atomic mass is 10.1. The van der Waals surface area contributed by atoms with Crippen LogP contribution in [0.15, 0.2) is 22.7 Å². The number of hydrogen-bond donors (Lipinski definition) is 1. The topological polar surface area (TPSA) is 69.4 Å². The minimum atomic E-state index is 0.166. The van der Waals surface area contributed by atoms with Gasteiger partial charge in [-0.3, -0.25) is 0 Å². The SMILES string of the molecule is CCc1noc(COc2cc(OC)ccc2C(C)NC)n1. The van der Waals surface area contributed by atoms with Crippen LogP contribution in [0.25, 0.3) is 0 Å². The molecular weight excluding hydrogens is 270 g/mol. The third-order valence-electron chi connectivity index (χ3n) is 3.30. The average Bonchev–Trinajstić information content (AvgIpc) is 3.00. The molecular formula is C15H21N3O3. The maximum absolute atomic E-state index is 5.83. The number of rotatable bonds is 7. The lowest BCUT2D eigenvalue weighted by Crippen LogP contribution is -2.14. The van der Waals surface area contributed by atoms with E-state index in [1.54, 1.807) is 7.11 Å². The summed E-state index contributed by atoms with van der Waals surface area (Å²) >= 11 is 0. The molecule has 1 N–H and O–H groups in total. The van der Waals surface area contributed by atoms with Crippen LogP contribution in [0.2, 0.25) is 0 Å². The molecule has 6 nitrogen and oxygen atoms in total. The lowest BCUT2D eigenvalue weighted by molar-refractivity contribution is 0.238. The lowest BCUT2D eigenvalue weighted by Gasteiger charge is -2.16. The van der Waals surface area contributed by atoms with Gasteiger partial charge in [-0.05, 0) is 20.0 Å². The summed E-state index contributed by atoms with van der Waals surface area (Å²) in [4.78, 5) is 4.23. The Hall–Kier alpha value is -2.08. The smallest absolute Gasteiger partial charge is 0.264 e. The van der Waals surface area contributed by atoms with Crippen LogP contribution in [0.4, 0.5) is 0 Å². The maximum Gasteiger partial charge on any atom is 0.264 e. The number of aromatic nitrogens is 2. The van der Waals surface area contributed by atoms with E-state index < -0.39 is 0 Å². The third kappa shape index (κ3) is 3.72. The molecule has 1 atom stereocenters. The predicted octanol–water partition coefficient (Wildman–Crippen LogP) is 2.50. The molecule has 21 heavy (non-hydrogen) atoms. The molecule has 0 radical (unpaired) electrons. The Morgan fingerprint density at radius 2 is 2.19 bits per heavy atom. The summed E-state index contributed by atoms with van der Waals surface area (Å²) in [7, 11) is 3.54. The first-order chi connectivity index (χ1) is 10.2. The number of nitrogens with one attached hydrogen (secondary N) is 1. The van der Waals surface area contributed by atoms with Gasteiger partial charge in [-0.1, -0.05) is 18.1 Å². The second kappa shape index (κ2) is 7.08. The summed E-state index contributed by atoms with van der Waals surface area (Å²) in [6.45, 7) is 4.28. The van der Waals surface area contributed by atoms with Crippen LogP contribution in [0.5, 0.6) is 11.5 Å². The fourth-order valence-electron chi connectivity index (χ4n) is 1.91. The van der Waals surface area contributed by atoms with Crippen LogP contribution < -0.4 is 14.8 Å². The Kier molecular flexibility index (Phi) is 5.16. The second-order valence-corrected chi connectivity index (χ2v) is 4.66. The van der Waals surface area contributed by atoms with Crippen molar-refractivity contribution in [1.29, 1.82) is 0 Å². The summed E-state index contributed by atoms with van der Waals surface area (Å²) < 4.78 is 16.2. The van der Waals surface area contributed by atoms with Crippen molar-refractivity contribution in [2.24, 2.45) is 0 Å². The Bertz CT molecular complexity index is 583. The van der Waals surface area contributed by atoms with Crippen molar-refractivity contribution in [2.75, 3.05) is 14.2 Å². The van der Waals surface area contributed by atoms with E-state index in [0.29, 0.717) is 11.7 Å². The molecule has 0 saturated carbocycles. The van der Waals surface area contributed by atoms with E-state index in [9.17, 15) is 0 Å². The van der Waals surface area contributed by atoms with Gasteiger partial charge in [0.05, 0.1) is 7.11 Å². The molecule has 1 aromatic heterocycles. The number of ether oxygens (including phenoxy) is 2. The number of hydrogen-bond acceptors (Lipinski definition) is 6. The molecule has 0 saturated heterocycles. The fraction of sp³-hybridized carbons (Fsp3) is 0.467. The zero-order valence-electron chi connectivity index (χ0n) is 12.8. The van der Waals surface area contributed by atoms with Gasteiger partial charge in [0.15, 0.2) is 12.4 Å². The highest BCUT2D eigenvalue weighted by atomic mass is 16.5. The zero-order chi connectivity index (χ0) is 15.2. The Morgan fingerprint density at radius 1 is 1.38 bits per heavy atom. The fourth-order valence-corrected chi connectivity index (χ4v) is 1.91. The molecule has 2 rings (SSSR count). The number of benzene rings is 1. The molecule has 0 bridgehead atoms. The Balaban J connectivity index is 2.16. The van der Waals surface area contributed by atoms with E-state index in [1.165, 1.54) is 0 Å². The van der Waals surface area contributed by atoms with Gasteiger partial charge in [0.1, 0.15) is 11.5 Å². The Morgan fingerprint density at radius 3 is 2.81 bits per heavy atom. The normalized spacial score (nSPS) is 12.2. The molecule has 0 aliphatic rings. The minimum absolute atomic E-state index is 0.166. The minimum Gasteiger partial charge on any atom is -0.497 e. The Labute approximate surface area is 124 Å². The van der Waals surface area contributed by atoms with Crippen molar-refractivity contribution in [3.63, 3.8) is 0 Å². The van der Waals surface area contributed by atoms with E-state index in [1.807, 2.05) is 32.2 Å². The van der Waals surface area contributed by atoms with Gasteiger partial charge in [-0.25, -0.2) is 0 Å². The first kappa shape index (κ1) is 15.3. The van der Waals surface area contributed by atoms with Crippen LogP contribution in [0.1, 0.15) is 37.2 Å². The first-order valence-electron chi connectivity index (χ1n) is 6.97. The summed E-state index contributed by atoms with van der Waals surface area (Å²) in [5, 5.41) is 7.05. The summed E-state index contributed by atoms with van der Waals surface area (Å²) in [5.41, 5.74) is 1.05. The molecule has 114 valence electrons. The van der Waals surface area contributed by atoms with E-state index in [2.05, 4.69) is 22.4 Å². The van der Waals surface area contributed by atoms with Crippen LogP contribution in [-0.4, -0.2) is 24.3 Å². The van der Waals surface area contributed by atoms with E-state index in [4.69, 9.17) is 14.0 Å². The molecule has 1 aromatic carbocycles. The number of methoxy groups -OCH3 is 1. The third-order valence-corrected chi connectivity index (χ3v) is 3.30. The molecule has 0 aliphatic heterocycles. The van der Waals surface area contributed by atoms with E-state index in [-0.39, 0.29) is 12.6 Å². The van der Waals surface area contributed by atoms with Crippen molar-refractivity contribution < 1.29 is 14.0 Å². The van der Waals surface area contributed by atoms with E-state index in [0.717, 1.165) is 23.5 Å². The highest BCUT2D eigenvalue weighted by molar-refractivity contribution is 5.42. The molecule has 0 amide bonds. The van der Waals surface area contributed by atoms with Crippen molar-refractivity contribution in [1.82, 2.24) is 15.5 Å². The van der Waals surface area contributed by atoms with Gasteiger partial charge < -0.3 is 19.3 Å². The average molecular weight is 291 g/mol. The number of nitrogens with zero attached hydrogens (tertiary/aromatic N) is 2. The van der Waals surface area contributed by atoms with Gasteiger partial charge >= 0.3 is 0 Å². The number of aryl methyl sites for hydroxylation is 1. The molecule has 0 fully saturated rings. The summed E-state index contributed by atoms with van der Waals surface area (Å²) in [6.07, 6.45) is 0.741. The maximum atomic E-state index is 5.83. The largest absolute Gasteiger partial charge is 0.497 e. The van der Waals surface area contributed by atoms with Crippen LogP contribution in [0.3, 0.4) is 0 Å². The van der Waals surface area contributed by atoms with Crippen LogP contribution >= 0.6 is 0 Å². The van der Waals surface area contributed by atoms with Gasteiger partial charge in [-0.2, -0.15) is 4.98 Å². The van der Waals surface area contributed by atoms with E-state index >= 15 is 0 Å². The van der Waals surface area contributed by atoms with Gasteiger partial charge in [0.25, 0.3) is 5.89 Å².